The van der Waals surface area contributed by atoms with Crippen LogP contribution in [0.3, 0.4) is 0 Å². The van der Waals surface area contributed by atoms with E-state index in [2.05, 4.69) is 0 Å². The third-order valence-electron chi connectivity index (χ3n) is 0.936. The molecule has 0 fully saturated rings. The van der Waals surface area contributed by atoms with Gasteiger partial charge >= 0.3 is 0 Å². The summed E-state index contributed by atoms with van der Waals surface area (Å²) in [6.45, 7) is 8.00. The highest BCUT2D eigenvalue weighted by Crippen LogP contribution is 1.91. The van der Waals surface area contributed by atoms with E-state index in [1.54, 1.807) is 12.1 Å². The molecule has 1 nitrogen and oxygen atoms in total. The summed E-state index contributed by atoms with van der Waals surface area (Å²) >= 11 is 0. The standard InChI is InChI=1S/C7H6O.C2H6B.C2H6/c8-6-7-4-2-1-3-5-7;1-3-2;1-2/h1-6H;1-2H3;1-2H3. The first-order valence-corrected chi connectivity index (χ1v) is 4.59. The van der Waals surface area contributed by atoms with Gasteiger partial charge in [0.15, 0.2) is 0 Å². The van der Waals surface area contributed by atoms with E-state index in [9.17, 15) is 4.79 Å². The van der Waals surface area contributed by atoms with Crippen LogP contribution < -0.4 is 0 Å². The molecule has 1 radical (unpaired) electrons. The van der Waals surface area contributed by atoms with Crippen molar-refractivity contribution in [3.8, 4) is 0 Å². The Bertz CT molecular complexity index is 185. The molecule has 0 aliphatic rings. The number of aldehydes is 1. The fourth-order valence-corrected chi connectivity index (χ4v) is 0.532. The summed E-state index contributed by atoms with van der Waals surface area (Å²) < 4.78 is 0. The average Bonchev–Trinajstić information content (AvgIpc) is 2.23. The summed E-state index contributed by atoms with van der Waals surface area (Å²) in [5.74, 6) is 0. The second-order valence-electron chi connectivity index (χ2n) is 2.11. The molecular weight excluding hydrogens is 159 g/mol. The van der Waals surface area contributed by atoms with E-state index in [0.29, 0.717) is 0 Å². The number of carbonyl (C=O) groups excluding carboxylic acids is 1. The first-order valence-electron chi connectivity index (χ1n) is 4.59. The molecule has 1 aromatic carbocycles. The van der Waals surface area contributed by atoms with Crippen molar-refractivity contribution < 1.29 is 4.79 Å². The monoisotopic (exact) mass is 177 g/mol. The predicted molar refractivity (Wildman–Crippen MR) is 60.7 cm³/mol. The lowest BCUT2D eigenvalue weighted by atomic mass is 9.88. The van der Waals surface area contributed by atoms with Crippen LogP contribution in [0.4, 0.5) is 0 Å². The second kappa shape index (κ2) is 13.5. The van der Waals surface area contributed by atoms with E-state index in [4.69, 9.17) is 0 Å². The molecule has 0 amide bonds. The molecule has 0 unspecified atom stereocenters. The van der Waals surface area contributed by atoms with Gasteiger partial charge in [-0.05, 0) is 0 Å². The second-order valence-corrected chi connectivity index (χ2v) is 2.11. The van der Waals surface area contributed by atoms with Crippen LogP contribution in [0.2, 0.25) is 13.6 Å². The van der Waals surface area contributed by atoms with E-state index in [-0.39, 0.29) is 0 Å². The largest absolute Gasteiger partial charge is 0.298 e. The predicted octanol–water partition coefficient (Wildman–Crippen LogP) is 3.31. The van der Waals surface area contributed by atoms with Crippen LogP contribution in [0.1, 0.15) is 24.2 Å². The molecule has 0 N–H and O–H groups in total. The summed E-state index contributed by atoms with van der Waals surface area (Å²) in [6.07, 6.45) is 0.833. The summed E-state index contributed by atoms with van der Waals surface area (Å²) in [4.78, 5) is 10.0. The van der Waals surface area contributed by atoms with Crippen molar-refractivity contribution in [2.75, 3.05) is 0 Å². The van der Waals surface area contributed by atoms with Gasteiger partial charge < -0.3 is 0 Å². The smallest absolute Gasteiger partial charge is 0.150 e. The number of hydrogen-bond donors (Lipinski definition) is 0. The lowest BCUT2D eigenvalue weighted by Crippen LogP contribution is -1.73. The van der Waals surface area contributed by atoms with Crippen LogP contribution in [0.25, 0.3) is 0 Å². The van der Waals surface area contributed by atoms with E-state index in [1.165, 1.54) is 0 Å². The molecule has 1 aromatic rings. The normalized spacial score (nSPS) is 6.77. The van der Waals surface area contributed by atoms with Gasteiger partial charge in [0.1, 0.15) is 13.6 Å². The van der Waals surface area contributed by atoms with Crippen LogP contribution in [-0.2, 0) is 0 Å². The maximum absolute atomic E-state index is 10.0. The van der Waals surface area contributed by atoms with Gasteiger partial charge in [-0.15, -0.1) is 0 Å². The van der Waals surface area contributed by atoms with Crippen LogP contribution in [0.5, 0.6) is 0 Å². The van der Waals surface area contributed by atoms with Crippen LogP contribution >= 0.6 is 0 Å². The van der Waals surface area contributed by atoms with Gasteiger partial charge in [-0.25, -0.2) is 0 Å². The Morgan fingerprint density at radius 1 is 1.08 bits per heavy atom. The fraction of sp³-hybridized carbons (Fsp3) is 0.364. The number of carbonyl (C=O) groups is 1. The Morgan fingerprint density at radius 2 is 1.46 bits per heavy atom. The average molecular weight is 177 g/mol. The minimum Gasteiger partial charge on any atom is -0.298 e. The molecule has 0 saturated heterocycles. The van der Waals surface area contributed by atoms with Gasteiger partial charge in [0.05, 0.1) is 0 Å². The van der Waals surface area contributed by atoms with Crippen molar-refractivity contribution in [2.24, 2.45) is 0 Å². The Labute approximate surface area is 82.4 Å². The lowest BCUT2D eigenvalue weighted by Gasteiger charge is -1.81. The molecule has 0 atom stereocenters. The molecule has 2 heteroatoms. The molecule has 71 valence electrons. The lowest BCUT2D eigenvalue weighted by molar-refractivity contribution is 0.112. The summed E-state index contributed by atoms with van der Waals surface area (Å²) in [5.41, 5.74) is 0.729. The van der Waals surface area contributed by atoms with Gasteiger partial charge in [0.2, 0.25) is 0 Å². The summed E-state index contributed by atoms with van der Waals surface area (Å²) in [5, 5.41) is 0. The molecule has 1 rings (SSSR count). The minimum absolute atomic E-state index is 0.729. The Morgan fingerprint density at radius 3 is 1.69 bits per heavy atom. The zero-order valence-corrected chi connectivity index (χ0v) is 8.95. The summed E-state index contributed by atoms with van der Waals surface area (Å²) in [6, 6.07) is 9.10. The molecule has 0 aromatic heterocycles. The van der Waals surface area contributed by atoms with Crippen LogP contribution in [-0.4, -0.2) is 13.6 Å². The maximum atomic E-state index is 10.0. The van der Waals surface area contributed by atoms with E-state index in [0.717, 1.165) is 11.8 Å². The van der Waals surface area contributed by atoms with Crippen molar-refractivity contribution in [3.63, 3.8) is 0 Å². The third kappa shape index (κ3) is 11.0. The molecule has 0 spiro atoms. The van der Waals surface area contributed by atoms with Gasteiger partial charge in [0, 0.05) is 5.56 Å². The minimum atomic E-state index is 0.729. The molecule has 0 saturated carbocycles. The maximum Gasteiger partial charge on any atom is 0.150 e. The van der Waals surface area contributed by atoms with Gasteiger partial charge in [-0.2, -0.15) is 0 Å². The Kier molecular flexibility index (Phi) is 15.1. The van der Waals surface area contributed by atoms with Crippen molar-refractivity contribution in [3.05, 3.63) is 35.9 Å². The molecule has 0 aliphatic carbocycles. The Balaban J connectivity index is 0. The highest BCUT2D eigenvalue weighted by molar-refractivity contribution is 6.31. The van der Waals surface area contributed by atoms with Crippen LogP contribution in [0.15, 0.2) is 30.3 Å². The number of hydrogen-bond acceptors (Lipinski definition) is 1. The molecule has 0 bridgehead atoms. The van der Waals surface area contributed by atoms with E-state index >= 15 is 0 Å². The molecule has 0 aliphatic heterocycles. The quantitative estimate of drug-likeness (QED) is 0.475. The van der Waals surface area contributed by atoms with Gasteiger partial charge in [-0.1, -0.05) is 57.8 Å². The highest BCUT2D eigenvalue weighted by atomic mass is 16.1. The SMILES string of the molecule is CC.C[B]C.O=Cc1ccccc1. The van der Waals surface area contributed by atoms with Crippen LogP contribution in [0, 0.1) is 0 Å². The first-order chi connectivity index (χ1) is 6.35. The topological polar surface area (TPSA) is 17.1 Å². The highest BCUT2D eigenvalue weighted by Gasteiger charge is 1.79. The Hall–Kier alpha value is -1.05. The van der Waals surface area contributed by atoms with Crippen molar-refractivity contribution in [2.45, 2.75) is 27.5 Å². The fourth-order valence-electron chi connectivity index (χ4n) is 0.532. The van der Waals surface area contributed by atoms with E-state index in [1.807, 2.05) is 53.0 Å². The third-order valence-corrected chi connectivity index (χ3v) is 0.936. The number of benzene rings is 1. The molecular formula is C11H18BO. The first kappa shape index (κ1) is 14.5. The van der Waals surface area contributed by atoms with Crippen molar-refractivity contribution >= 4 is 13.6 Å². The van der Waals surface area contributed by atoms with Gasteiger partial charge in [-0.3, -0.25) is 4.79 Å². The van der Waals surface area contributed by atoms with E-state index < -0.39 is 0 Å². The summed E-state index contributed by atoms with van der Waals surface area (Å²) in [7, 11) is 2.00. The van der Waals surface area contributed by atoms with Gasteiger partial charge in [0.25, 0.3) is 0 Å². The van der Waals surface area contributed by atoms with Crippen molar-refractivity contribution in [1.82, 2.24) is 0 Å². The number of rotatable bonds is 1. The van der Waals surface area contributed by atoms with Crippen molar-refractivity contribution in [1.29, 1.82) is 0 Å². The molecule has 13 heavy (non-hydrogen) atoms. The zero-order chi connectivity index (χ0) is 10.5. The molecule has 0 heterocycles. The zero-order valence-electron chi connectivity index (χ0n) is 8.95.